The fourth-order valence-corrected chi connectivity index (χ4v) is 3.92. The van der Waals surface area contributed by atoms with Crippen LogP contribution in [0.25, 0.3) is 0 Å². The highest BCUT2D eigenvalue weighted by Crippen LogP contribution is 2.18. The molecule has 2 aliphatic heterocycles. The summed E-state index contributed by atoms with van der Waals surface area (Å²) in [5.41, 5.74) is 2.46. The van der Waals surface area contributed by atoms with Crippen molar-refractivity contribution in [3.05, 3.63) is 35.4 Å². The molecule has 1 unspecified atom stereocenters. The van der Waals surface area contributed by atoms with Crippen LogP contribution < -0.4 is 5.32 Å². The SMILES string of the molecule is CS(=O)(=O)N1CCN(C(=O)C2Cc3ccccc3CN2)CC1.Cl. The summed E-state index contributed by atoms with van der Waals surface area (Å²) in [5, 5.41) is 3.29. The molecule has 1 atom stereocenters. The maximum atomic E-state index is 12.6. The Morgan fingerprint density at radius 3 is 2.35 bits per heavy atom. The predicted octanol–water partition coefficient (Wildman–Crippen LogP) is 0.227. The van der Waals surface area contributed by atoms with Crippen molar-refractivity contribution in [1.82, 2.24) is 14.5 Å². The molecule has 0 bridgehead atoms. The van der Waals surface area contributed by atoms with E-state index in [0.717, 1.165) is 0 Å². The molecule has 1 aromatic carbocycles. The number of fused-ring (bicyclic) bond motifs is 1. The van der Waals surface area contributed by atoms with E-state index in [1.165, 1.54) is 21.7 Å². The fraction of sp³-hybridized carbons (Fsp3) is 0.533. The lowest BCUT2D eigenvalue weighted by Gasteiger charge is -2.36. The van der Waals surface area contributed by atoms with Gasteiger partial charge in [-0.25, -0.2) is 8.42 Å². The fourth-order valence-electron chi connectivity index (χ4n) is 3.09. The first-order valence-corrected chi connectivity index (χ1v) is 9.34. The quantitative estimate of drug-likeness (QED) is 0.820. The van der Waals surface area contributed by atoms with Gasteiger partial charge in [0, 0.05) is 32.7 Å². The van der Waals surface area contributed by atoms with Crippen LogP contribution in [0.2, 0.25) is 0 Å². The number of nitrogens with zero attached hydrogens (tertiary/aromatic N) is 2. The monoisotopic (exact) mass is 359 g/mol. The molecular weight excluding hydrogens is 338 g/mol. The molecule has 6 nitrogen and oxygen atoms in total. The van der Waals surface area contributed by atoms with Crippen LogP contribution in [0.4, 0.5) is 0 Å². The lowest BCUT2D eigenvalue weighted by atomic mass is 9.95. The molecule has 1 saturated heterocycles. The summed E-state index contributed by atoms with van der Waals surface area (Å²) in [5.74, 6) is 0.0719. The topological polar surface area (TPSA) is 69.7 Å². The van der Waals surface area contributed by atoms with E-state index < -0.39 is 10.0 Å². The average Bonchev–Trinajstić information content (AvgIpc) is 2.53. The Morgan fingerprint density at radius 1 is 1.13 bits per heavy atom. The van der Waals surface area contributed by atoms with E-state index in [2.05, 4.69) is 17.4 Å². The van der Waals surface area contributed by atoms with Crippen molar-refractivity contribution < 1.29 is 13.2 Å². The Labute approximate surface area is 143 Å². The van der Waals surface area contributed by atoms with Gasteiger partial charge in [0.15, 0.2) is 0 Å². The second kappa shape index (κ2) is 7.17. The molecular formula is C15H22ClN3O3S. The van der Waals surface area contributed by atoms with E-state index in [9.17, 15) is 13.2 Å². The third-order valence-electron chi connectivity index (χ3n) is 4.40. The van der Waals surface area contributed by atoms with Crippen molar-refractivity contribution in [2.45, 2.75) is 19.0 Å². The average molecular weight is 360 g/mol. The van der Waals surface area contributed by atoms with Crippen LogP contribution in [0.3, 0.4) is 0 Å². The molecule has 1 aromatic rings. The van der Waals surface area contributed by atoms with Gasteiger partial charge in [0.25, 0.3) is 0 Å². The molecule has 3 rings (SSSR count). The summed E-state index contributed by atoms with van der Waals surface area (Å²) in [7, 11) is -3.16. The zero-order chi connectivity index (χ0) is 15.7. The Bertz CT molecular complexity index is 672. The first-order valence-electron chi connectivity index (χ1n) is 7.49. The molecule has 0 aliphatic carbocycles. The molecule has 0 radical (unpaired) electrons. The standard InChI is InChI=1S/C15H21N3O3S.ClH/c1-22(20,21)18-8-6-17(7-9-18)15(19)14-10-12-4-2-3-5-13(12)11-16-14;/h2-5,14,16H,6-11H2,1H3;1H. The van der Waals surface area contributed by atoms with E-state index in [1.54, 1.807) is 4.90 Å². The van der Waals surface area contributed by atoms with Gasteiger partial charge in [-0.05, 0) is 17.5 Å². The number of halogens is 1. The van der Waals surface area contributed by atoms with Gasteiger partial charge in [-0.3, -0.25) is 4.79 Å². The summed E-state index contributed by atoms with van der Waals surface area (Å²) in [6.07, 6.45) is 1.91. The molecule has 1 amide bonds. The predicted molar refractivity (Wildman–Crippen MR) is 91.0 cm³/mol. The highest BCUT2D eigenvalue weighted by Gasteiger charge is 2.31. The number of carbonyl (C=O) groups excluding carboxylic acids is 1. The number of benzene rings is 1. The number of sulfonamides is 1. The van der Waals surface area contributed by atoms with Crippen LogP contribution in [0.1, 0.15) is 11.1 Å². The van der Waals surface area contributed by atoms with E-state index in [1.807, 2.05) is 12.1 Å². The smallest absolute Gasteiger partial charge is 0.240 e. The molecule has 8 heteroatoms. The largest absolute Gasteiger partial charge is 0.339 e. The molecule has 0 aromatic heterocycles. The van der Waals surface area contributed by atoms with Crippen LogP contribution >= 0.6 is 12.4 Å². The molecule has 2 aliphatic rings. The number of nitrogens with one attached hydrogen (secondary N) is 1. The van der Waals surface area contributed by atoms with Crippen molar-refractivity contribution in [2.24, 2.45) is 0 Å². The molecule has 0 spiro atoms. The van der Waals surface area contributed by atoms with Gasteiger partial charge >= 0.3 is 0 Å². The highest BCUT2D eigenvalue weighted by molar-refractivity contribution is 7.88. The van der Waals surface area contributed by atoms with Crippen molar-refractivity contribution in [3.63, 3.8) is 0 Å². The van der Waals surface area contributed by atoms with Gasteiger partial charge < -0.3 is 10.2 Å². The lowest BCUT2D eigenvalue weighted by Crippen LogP contribution is -2.56. The number of piperazine rings is 1. The number of hydrogen-bond donors (Lipinski definition) is 1. The Kier molecular flexibility index (Phi) is 5.67. The summed E-state index contributed by atoms with van der Waals surface area (Å²) in [6, 6.07) is 7.94. The van der Waals surface area contributed by atoms with Crippen LogP contribution in [-0.2, 0) is 27.8 Å². The molecule has 128 valence electrons. The number of amides is 1. The zero-order valence-corrected chi connectivity index (χ0v) is 14.7. The zero-order valence-electron chi connectivity index (χ0n) is 13.1. The Hall–Kier alpha value is -1.15. The minimum Gasteiger partial charge on any atom is -0.339 e. The third kappa shape index (κ3) is 4.03. The minimum atomic E-state index is -3.16. The van der Waals surface area contributed by atoms with Crippen molar-refractivity contribution in [2.75, 3.05) is 32.4 Å². The third-order valence-corrected chi connectivity index (χ3v) is 5.70. The summed E-state index contributed by atoms with van der Waals surface area (Å²) >= 11 is 0. The van der Waals surface area contributed by atoms with E-state index in [4.69, 9.17) is 0 Å². The minimum absolute atomic E-state index is 0. The molecule has 1 fully saturated rings. The van der Waals surface area contributed by atoms with Crippen molar-refractivity contribution >= 4 is 28.3 Å². The van der Waals surface area contributed by atoms with Gasteiger partial charge in [-0.15, -0.1) is 12.4 Å². The van der Waals surface area contributed by atoms with Gasteiger partial charge in [-0.1, -0.05) is 24.3 Å². The molecule has 23 heavy (non-hydrogen) atoms. The number of hydrogen-bond acceptors (Lipinski definition) is 4. The number of rotatable bonds is 2. The van der Waals surface area contributed by atoms with Crippen LogP contribution in [0.5, 0.6) is 0 Å². The molecule has 2 heterocycles. The first kappa shape index (κ1) is 18.2. The maximum Gasteiger partial charge on any atom is 0.240 e. The van der Waals surface area contributed by atoms with Crippen molar-refractivity contribution in [3.8, 4) is 0 Å². The summed E-state index contributed by atoms with van der Waals surface area (Å²) in [6.45, 7) is 2.40. The number of carbonyl (C=O) groups is 1. The van der Waals surface area contributed by atoms with E-state index in [0.29, 0.717) is 39.1 Å². The Morgan fingerprint density at radius 2 is 1.74 bits per heavy atom. The molecule has 1 N–H and O–H groups in total. The maximum absolute atomic E-state index is 12.6. The molecule has 0 saturated carbocycles. The Balaban J connectivity index is 0.00000192. The van der Waals surface area contributed by atoms with Gasteiger partial charge in [0.1, 0.15) is 0 Å². The van der Waals surface area contributed by atoms with Crippen LogP contribution in [0, 0.1) is 0 Å². The van der Waals surface area contributed by atoms with Gasteiger partial charge in [-0.2, -0.15) is 4.31 Å². The van der Waals surface area contributed by atoms with Gasteiger partial charge in [0.2, 0.25) is 15.9 Å². The van der Waals surface area contributed by atoms with E-state index in [-0.39, 0.29) is 24.4 Å². The van der Waals surface area contributed by atoms with Crippen molar-refractivity contribution in [1.29, 1.82) is 0 Å². The summed E-state index contributed by atoms with van der Waals surface area (Å²) < 4.78 is 24.5. The van der Waals surface area contributed by atoms with Gasteiger partial charge in [0.05, 0.1) is 12.3 Å². The summed E-state index contributed by atoms with van der Waals surface area (Å²) in [4.78, 5) is 14.4. The second-order valence-electron chi connectivity index (χ2n) is 5.89. The highest BCUT2D eigenvalue weighted by atomic mass is 35.5. The van der Waals surface area contributed by atoms with Crippen LogP contribution in [0.15, 0.2) is 24.3 Å². The van der Waals surface area contributed by atoms with E-state index >= 15 is 0 Å². The first-order chi connectivity index (χ1) is 10.4. The van der Waals surface area contributed by atoms with Crippen LogP contribution in [-0.4, -0.2) is 62.0 Å². The normalized spacial score (nSPS) is 22.1. The second-order valence-corrected chi connectivity index (χ2v) is 7.88. The lowest BCUT2D eigenvalue weighted by molar-refractivity contribution is -0.134.